The Balaban J connectivity index is 1.93. The highest BCUT2D eigenvalue weighted by molar-refractivity contribution is 7.89. The number of pyridine rings is 1. The van der Waals surface area contributed by atoms with Crippen molar-refractivity contribution in [2.75, 3.05) is 6.54 Å². The van der Waals surface area contributed by atoms with Crippen molar-refractivity contribution in [1.29, 1.82) is 0 Å². The Labute approximate surface area is 119 Å². The lowest BCUT2D eigenvalue weighted by molar-refractivity contribution is 0.577. The van der Waals surface area contributed by atoms with E-state index in [0.29, 0.717) is 18.7 Å². The van der Waals surface area contributed by atoms with Crippen LogP contribution in [0.15, 0.2) is 28.3 Å². The van der Waals surface area contributed by atoms with Crippen LogP contribution in [0.2, 0.25) is 5.02 Å². The third kappa shape index (κ3) is 3.65. The van der Waals surface area contributed by atoms with E-state index in [9.17, 15) is 13.2 Å². The van der Waals surface area contributed by atoms with Gasteiger partial charge < -0.3 is 4.98 Å². The van der Waals surface area contributed by atoms with Gasteiger partial charge >= 0.3 is 0 Å². The molecule has 8 nitrogen and oxygen atoms in total. The molecule has 0 aliphatic rings. The zero-order valence-corrected chi connectivity index (χ0v) is 11.8. The number of rotatable bonds is 6. The monoisotopic (exact) mass is 317 g/mol. The lowest BCUT2D eigenvalue weighted by Gasteiger charge is -2.06. The van der Waals surface area contributed by atoms with Gasteiger partial charge in [0, 0.05) is 19.2 Å². The molecule has 0 atom stereocenters. The van der Waals surface area contributed by atoms with Crippen LogP contribution in [0.3, 0.4) is 0 Å². The van der Waals surface area contributed by atoms with E-state index in [4.69, 9.17) is 11.6 Å². The molecule has 2 aromatic heterocycles. The molecule has 0 bridgehead atoms. The van der Waals surface area contributed by atoms with E-state index in [1.165, 1.54) is 6.33 Å². The first kappa shape index (κ1) is 14.7. The molecule has 0 saturated heterocycles. The maximum Gasteiger partial charge on any atom is 0.266 e. The van der Waals surface area contributed by atoms with Gasteiger partial charge in [-0.3, -0.25) is 9.89 Å². The van der Waals surface area contributed by atoms with Crippen LogP contribution >= 0.6 is 11.6 Å². The second kappa shape index (κ2) is 6.16. The van der Waals surface area contributed by atoms with Gasteiger partial charge in [-0.15, -0.1) is 0 Å². The highest BCUT2D eigenvalue weighted by atomic mass is 35.5. The van der Waals surface area contributed by atoms with Gasteiger partial charge in [-0.25, -0.2) is 18.1 Å². The number of aromatic amines is 2. The second-order valence-electron chi connectivity index (χ2n) is 3.95. The number of nitrogens with one attached hydrogen (secondary N) is 3. The first-order valence-corrected chi connectivity index (χ1v) is 7.57. The summed E-state index contributed by atoms with van der Waals surface area (Å²) in [5.41, 5.74) is -0.532. The maximum atomic E-state index is 11.9. The van der Waals surface area contributed by atoms with Gasteiger partial charge in [-0.05, 0) is 12.5 Å². The first-order chi connectivity index (χ1) is 9.49. The van der Waals surface area contributed by atoms with E-state index in [1.54, 1.807) is 0 Å². The molecule has 3 N–H and O–H groups in total. The highest BCUT2D eigenvalue weighted by Crippen LogP contribution is 2.10. The minimum atomic E-state index is -3.69. The molecule has 0 spiro atoms. The van der Waals surface area contributed by atoms with Gasteiger partial charge in [-0.1, -0.05) is 11.6 Å². The van der Waals surface area contributed by atoms with Crippen LogP contribution in [0.25, 0.3) is 0 Å². The Morgan fingerprint density at radius 3 is 2.85 bits per heavy atom. The van der Waals surface area contributed by atoms with Crippen molar-refractivity contribution in [1.82, 2.24) is 24.9 Å². The Hall–Kier alpha value is -1.71. The summed E-state index contributed by atoms with van der Waals surface area (Å²) in [6.07, 6.45) is 3.63. The molecule has 0 radical (unpaired) electrons. The van der Waals surface area contributed by atoms with Crippen molar-refractivity contribution in [3.8, 4) is 0 Å². The SMILES string of the molecule is O=c1[nH]cc(S(=O)(=O)NCCCc2ncn[nH]2)cc1Cl. The van der Waals surface area contributed by atoms with Crippen molar-refractivity contribution in [3.05, 3.63) is 39.8 Å². The number of hydrogen-bond acceptors (Lipinski definition) is 5. The molecule has 20 heavy (non-hydrogen) atoms. The number of H-pyrrole nitrogens is 2. The van der Waals surface area contributed by atoms with Crippen molar-refractivity contribution in [2.24, 2.45) is 0 Å². The fraction of sp³-hybridized carbons (Fsp3) is 0.300. The second-order valence-corrected chi connectivity index (χ2v) is 6.12. The minimum Gasteiger partial charge on any atom is -0.326 e. The summed E-state index contributed by atoms with van der Waals surface area (Å²) in [5, 5.41) is 6.20. The van der Waals surface area contributed by atoms with E-state index in [2.05, 4.69) is 24.9 Å². The third-order valence-corrected chi connectivity index (χ3v) is 4.21. The van der Waals surface area contributed by atoms with E-state index in [1.807, 2.05) is 0 Å². The van der Waals surface area contributed by atoms with Crippen LogP contribution < -0.4 is 10.3 Å². The molecule has 0 aliphatic carbocycles. The predicted octanol–water partition coefficient (Wildman–Crippen LogP) is 0.0575. The summed E-state index contributed by atoms with van der Waals surface area (Å²) in [6, 6.07) is 1.11. The molecular weight excluding hydrogens is 306 g/mol. The molecule has 0 amide bonds. The van der Waals surface area contributed by atoms with Crippen LogP contribution in [0.1, 0.15) is 12.2 Å². The normalized spacial score (nSPS) is 11.7. The summed E-state index contributed by atoms with van der Waals surface area (Å²) >= 11 is 5.59. The molecule has 0 aromatic carbocycles. The van der Waals surface area contributed by atoms with Gasteiger partial charge in [0.05, 0.1) is 4.90 Å². The predicted molar refractivity (Wildman–Crippen MR) is 72.0 cm³/mol. The Morgan fingerprint density at radius 2 is 2.20 bits per heavy atom. The fourth-order valence-corrected chi connectivity index (χ4v) is 2.79. The van der Waals surface area contributed by atoms with Crippen LogP contribution in [-0.4, -0.2) is 35.1 Å². The van der Waals surface area contributed by atoms with Gasteiger partial charge in [-0.2, -0.15) is 5.10 Å². The first-order valence-electron chi connectivity index (χ1n) is 5.71. The molecular formula is C10H12ClN5O3S. The summed E-state index contributed by atoms with van der Waals surface area (Å²) in [7, 11) is -3.69. The van der Waals surface area contributed by atoms with Crippen molar-refractivity contribution in [2.45, 2.75) is 17.7 Å². The topological polar surface area (TPSA) is 121 Å². The number of hydrogen-bond donors (Lipinski definition) is 3. The van der Waals surface area contributed by atoms with Crippen LogP contribution in [0, 0.1) is 0 Å². The number of halogens is 1. The molecule has 0 fully saturated rings. The minimum absolute atomic E-state index is 0.0817. The molecule has 2 rings (SSSR count). The average Bonchev–Trinajstić information content (AvgIpc) is 2.91. The van der Waals surface area contributed by atoms with Crippen LogP contribution in [0.5, 0.6) is 0 Å². The van der Waals surface area contributed by atoms with E-state index >= 15 is 0 Å². The van der Waals surface area contributed by atoms with Crippen molar-refractivity contribution < 1.29 is 8.42 Å². The van der Waals surface area contributed by atoms with Crippen molar-refractivity contribution >= 4 is 21.6 Å². The number of aromatic nitrogens is 4. The summed E-state index contributed by atoms with van der Waals surface area (Å²) in [6.45, 7) is 0.236. The lowest BCUT2D eigenvalue weighted by Crippen LogP contribution is -2.26. The molecule has 10 heteroatoms. The summed E-state index contributed by atoms with van der Waals surface area (Å²) in [4.78, 5) is 17.2. The molecule has 2 heterocycles. The molecule has 2 aromatic rings. The highest BCUT2D eigenvalue weighted by Gasteiger charge is 2.15. The molecule has 0 aliphatic heterocycles. The van der Waals surface area contributed by atoms with E-state index in [-0.39, 0.29) is 16.5 Å². The largest absolute Gasteiger partial charge is 0.326 e. The van der Waals surface area contributed by atoms with E-state index in [0.717, 1.165) is 12.3 Å². The zero-order valence-electron chi connectivity index (χ0n) is 10.3. The van der Waals surface area contributed by atoms with Gasteiger partial charge in [0.25, 0.3) is 5.56 Å². The lowest BCUT2D eigenvalue weighted by atomic mass is 10.3. The van der Waals surface area contributed by atoms with Crippen LogP contribution in [-0.2, 0) is 16.4 Å². The Kier molecular flexibility index (Phi) is 4.53. The Morgan fingerprint density at radius 1 is 1.40 bits per heavy atom. The van der Waals surface area contributed by atoms with E-state index < -0.39 is 15.6 Å². The average molecular weight is 318 g/mol. The maximum absolute atomic E-state index is 11.9. The van der Waals surface area contributed by atoms with Gasteiger partial charge in [0.15, 0.2) is 0 Å². The third-order valence-electron chi connectivity index (χ3n) is 2.49. The quantitative estimate of drug-likeness (QED) is 0.650. The molecule has 0 unspecified atom stereocenters. The number of nitrogens with zero attached hydrogens (tertiary/aromatic N) is 2. The molecule has 108 valence electrons. The fourth-order valence-electron chi connectivity index (χ4n) is 1.49. The summed E-state index contributed by atoms with van der Waals surface area (Å²) in [5.74, 6) is 0.691. The van der Waals surface area contributed by atoms with Crippen LogP contribution in [0.4, 0.5) is 0 Å². The van der Waals surface area contributed by atoms with Gasteiger partial charge in [0.2, 0.25) is 10.0 Å². The van der Waals surface area contributed by atoms with Crippen molar-refractivity contribution in [3.63, 3.8) is 0 Å². The Bertz CT molecular complexity index is 726. The van der Waals surface area contributed by atoms with Gasteiger partial charge in [0.1, 0.15) is 17.2 Å². The zero-order chi connectivity index (χ0) is 14.6. The summed E-state index contributed by atoms with van der Waals surface area (Å²) < 4.78 is 26.3. The molecule has 0 saturated carbocycles. The standard InChI is InChI=1S/C10H12ClN5O3S/c11-8-4-7(5-12-10(8)17)20(18,19)15-3-1-2-9-13-6-14-16-9/h4-6,15H,1-3H2,(H,12,17)(H,13,14,16). The number of sulfonamides is 1. The smallest absolute Gasteiger partial charge is 0.266 e. The number of aryl methyl sites for hydroxylation is 1.